The third-order valence-corrected chi connectivity index (χ3v) is 8.05. The van der Waals surface area contributed by atoms with Crippen molar-refractivity contribution in [3.05, 3.63) is 53.1 Å². The van der Waals surface area contributed by atoms with Crippen LogP contribution in [0.1, 0.15) is 140 Å². The van der Waals surface area contributed by atoms with Crippen LogP contribution >= 0.6 is 8.60 Å². The minimum atomic E-state index is -2.45. The molecule has 0 saturated carbocycles. The second kappa shape index (κ2) is 20.5. The largest absolute Gasteiger partial charge is 0.427 e. The molecule has 38 heavy (non-hydrogen) atoms. The van der Waals surface area contributed by atoms with Gasteiger partial charge in [0, 0.05) is 0 Å². The Labute approximate surface area is 235 Å². The second-order valence-electron chi connectivity index (χ2n) is 10.9. The Morgan fingerprint density at radius 1 is 0.579 bits per heavy atom. The third kappa shape index (κ3) is 12.2. The van der Waals surface area contributed by atoms with Crippen LogP contribution in [0.3, 0.4) is 0 Å². The van der Waals surface area contributed by atoms with Crippen LogP contribution in [0.5, 0.6) is 5.75 Å². The van der Waals surface area contributed by atoms with Gasteiger partial charge in [0.2, 0.25) is 0 Å². The Morgan fingerprint density at radius 3 is 1.61 bits per heavy atom. The van der Waals surface area contributed by atoms with Crippen molar-refractivity contribution < 1.29 is 14.3 Å². The van der Waals surface area contributed by atoms with Crippen molar-refractivity contribution in [2.75, 3.05) is 0 Å². The van der Waals surface area contributed by atoms with Crippen molar-refractivity contribution >= 4 is 8.60 Å². The third-order valence-electron chi connectivity index (χ3n) is 7.69. The van der Waals surface area contributed by atoms with Crippen LogP contribution < -0.4 is 4.52 Å². The molecule has 0 heterocycles. The Morgan fingerprint density at radius 2 is 1.08 bits per heavy atom. The molecule has 2 aromatic carbocycles. The van der Waals surface area contributed by atoms with E-state index in [-0.39, 0.29) is 0 Å². The van der Waals surface area contributed by atoms with Crippen molar-refractivity contribution in [2.24, 2.45) is 0 Å². The zero-order chi connectivity index (χ0) is 27.4. The van der Waals surface area contributed by atoms with E-state index in [4.69, 9.17) is 4.52 Å². The molecule has 0 saturated heterocycles. The molecule has 0 aliphatic rings. The van der Waals surface area contributed by atoms with Gasteiger partial charge in [-0.1, -0.05) is 135 Å². The van der Waals surface area contributed by atoms with Gasteiger partial charge in [-0.25, -0.2) is 0 Å². The number of aryl methyl sites for hydroxylation is 1. The van der Waals surface area contributed by atoms with Crippen LogP contribution in [0.15, 0.2) is 36.4 Å². The number of hydrogen-bond acceptors (Lipinski definition) is 3. The predicted molar refractivity (Wildman–Crippen MR) is 166 cm³/mol. The van der Waals surface area contributed by atoms with E-state index in [0.29, 0.717) is 5.75 Å². The molecule has 0 unspecified atom stereocenters. The smallest absolute Gasteiger partial charge is 0.391 e. The van der Waals surface area contributed by atoms with Gasteiger partial charge in [0.05, 0.1) is 0 Å². The van der Waals surface area contributed by atoms with E-state index in [1.165, 1.54) is 111 Å². The summed E-state index contributed by atoms with van der Waals surface area (Å²) in [6, 6.07) is 13.0. The van der Waals surface area contributed by atoms with Gasteiger partial charge in [0.25, 0.3) is 0 Å². The molecule has 214 valence electrons. The Bertz CT molecular complexity index is 866. The summed E-state index contributed by atoms with van der Waals surface area (Å²) in [5, 5.41) is 0. The van der Waals surface area contributed by atoms with Gasteiger partial charge in [-0.05, 0) is 72.4 Å². The highest BCUT2D eigenvalue weighted by Crippen LogP contribution is 2.42. The quantitative estimate of drug-likeness (QED) is 0.115. The van der Waals surface area contributed by atoms with Crippen molar-refractivity contribution in [3.63, 3.8) is 0 Å². The fourth-order valence-electron chi connectivity index (χ4n) is 5.58. The van der Waals surface area contributed by atoms with E-state index < -0.39 is 8.60 Å². The Kier molecular flexibility index (Phi) is 17.7. The summed E-state index contributed by atoms with van der Waals surface area (Å²) in [6.45, 7) is 6.77. The molecule has 0 aliphatic heterocycles. The fraction of sp³-hybridized carbons (Fsp3) is 0.647. The number of unbranched alkanes of at least 4 members (excludes halogenated alkanes) is 13. The molecule has 0 spiro atoms. The van der Waals surface area contributed by atoms with Crippen LogP contribution in [0.2, 0.25) is 0 Å². The molecular weight excluding hydrogens is 487 g/mol. The zero-order valence-corrected chi connectivity index (χ0v) is 25.5. The maximum absolute atomic E-state index is 9.88. The predicted octanol–water partition coefficient (Wildman–Crippen LogP) is 10.9. The highest BCUT2D eigenvalue weighted by molar-refractivity contribution is 7.39. The van der Waals surface area contributed by atoms with Crippen molar-refractivity contribution in [3.8, 4) is 16.9 Å². The van der Waals surface area contributed by atoms with E-state index in [1.807, 2.05) is 0 Å². The molecule has 3 nitrogen and oxygen atoms in total. The minimum absolute atomic E-state index is 0.704. The van der Waals surface area contributed by atoms with E-state index in [0.717, 1.165) is 38.5 Å². The first-order valence-corrected chi connectivity index (χ1v) is 16.9. The van der Waals surface area contributed by atoms with Crippen molar-refractivity contribution in [1.29, 1.82) is 0 Å². The molecule has 0 radical (unpaired) electrons. The average molecular weight is 543 g/mol. The lowest BCUT2D eigenvalue weighted by Gasteiger charge is -2.23. The SMILES string of the molecule is CCCCCCCCCc1c(OP(O)O)cc(CCCC)c(-c2ccccc2)c1CCCCCCCCC. The summed E-state index contributed by atoms with van der Waals surface area (Å²) in [6.07, 6.45) is 23.0. The van der Waals surface area contributed by atoms with Gasteiger partial charge >= 0.3 is 8.60 Å². The number of hydrogen-bond donors (Lipinski definition) is 2. The van der Waals surface area contributed by atoms with E-state index >= 15 is 0 Å². The summed E-state index contributed by atoms with van der Waals surface area (Å²) in [5.41, 5.74) is 6.52. The lowest BCUT2D eigenvalue weighted by Crippen LogP contribution is -2.06. The first-order valence-electron chi connectivity index (χ1n) is 15.7. The van der Waals surface area contributed by atoms with Crippen molar-refractivity contribution in [1.82, 2.24) is 0 Å². The molecule has 0 aliphatic carbocycles. The summed E-state index contributed by atoms with van der Waals surface area (Å²) in [4.78, 5) is 19.8. The normalized spacial score (nSPS) is 11.4. The molecule has 2 N–H and O–H groups in total. The van der Waals surface area contributed by atoms with Crippen LogP contribution in [-0.4, -0.2) is 9.79 Å². The van der Waals surface area contributed by atoms with Crippen molar-refractivity contribution in [2.45, 2.75) is 143 Å². The Hall–Kier alpha value is -1.41. The van der Waals surface area contributed by atoms with Crippen LogP contribution in [0, 0.1) is 0 Å². The lowest BCUT2D eigenvalue weighted by molar-refractivity contribution is 0.372. The summed E-state index contributed by atoms with van der Waals surface area (Å²) >= 11 is 0. The van der Waals surface area contributed by atoms with E-state index in [1.54, 1.807) is 0 Å². The van der Waals surface area contributed by atoms with Gasteiger partial charge < -0.3 is 14.3 Å². The van der Waals surface area contributed by atoms with Crippen LogP contribution in [0.25, 0.3) is 11.1 Å². The fourth-order valence-corrected chi connectivity index (χ4v) is 5.92. The number of rotatable bonds is 22. The molecule has 0 aromatic heterocycles. The topological polar surface area (TPSA) is 49.7 Å². The van der Waals surface area contributed by atoms with Gasteiger partial charge in [-0.15, -0.1) is 0 Å². The van der Waals surface area contributed by atoms with E-state index in [2.05, 4.69) is 57.2 Å². The molecule has 0 bridgehead atoms. The van der Waals surface area contributed by atoms with Gasteiger partial charge in [-0.3, -0.25) is 0 Å². The van der Waals surface area contributed by atoms with E-state index in [9.17, 15) is 9.79 Å². The van der Waals surface area contributed by atoms with Crippen LogP contribution in [0.4, 0.5) is 0 Å². The van der Waals surface area contributed by atoms with Gasteiger partial charge in [0.15, 0.2) is 0 Å². The number of benzene rings is 2. The molecular formula is C34H55O3P. The molecule has 4 heteroatoms. The summed E-state index contributed by atoms with van der Waals surface area (Å²) < 4.78 is 5.76. The second-order valence-corrected chi connectivity index (χ2v) is 11.6. The standard InChI is InChI=1S/C34H55O3P/c1-4-7-10-12-14-16-21-26-31-32(27-22-17-15-13-11-8-5-2)34(29-24-19-18-20-25-29)30(23-9-6-3)28-33(31)37-38(35)36/h18-20,24-25,28,35-36H,4-17,21-23,26-27H2,1-3H3. The molecule has 2 aromatic rings. The van der Waals surface area contributed by atoms with Crippen LogP contribution in [-0.2, 0) is 19.3 Å². The maximum Gasteiger partial charge on any atom is 0.391 e. The molecule has 2 rings (SSSR count). The highest BCUT2D eigenvalue weighted by atomic mass is 31.2. The molecule has 0 fully saturated rings. The van der Waals surface area contributed by atoms with Gasteiger partial charge in [-0.2, -0.15) is 0 Å². The first kappa shape index (κ1) is 32.8. The van der Waals surface area contributed by atoms with Gasteiger partial charge in [0.1, 0.15) is 5.75 Å². The zero-order valence-electron chi connectivity index (χ0n) is 24.6. The monoisotopic (exact) mass is 542 g/mol. The summed E-state index contributed by atoms with van der Waals surface area (Å²) in [5.74, 6) is 0.704. The lowest BCUT2D eigenvalue weighted by atomic mass is 9.84. The molecule has 0 atom stereocenters. The average Bonchev–Trinajstić information content (AvgIpc) is 2.92. The highest BCUT2D eigenvalue weighted by Gasteiger charge is 2.21. The minimum Gasteiger partial charge on any atom is -0.427 e. The molecule has 0 amide bonds. The maximum atomic E-state index is 9.88. The Balaban J connectivity index is 2.38. The summed E-state index contributed by atoms with van der Waals surface area (Å²) in [7, 11) is -2.45. The first-order chi connectivity index (χ1) is 18.6.